The lowest BCUT2D eigenvalue weighted by Gasteiger charge is -2.26. The summed E-state index contributed by atoms with van der Waals surface area (Å²) in [5.41, 5.74) is 1.43. The number of aliphatic hydroxyl groups excluding tert-OH is 1. The second-order valence-electron chi connectivity index (χ2n) is 6.86. The summed E-state index contributed by atoms with van der Waals surface area (Å²) in [5, 5.41) is 10.3. The molecule has 0 aliphatic rings. The Kier molecular flexibility index (Phi) is 6.38. The molecule has 22 heavy (non-hydrogen) atoms. The fourth-order valence-electron chi connectivity index (χ4n) is 1.99. The fraction of sp³-hybridized carbons (Fsp3) is 0.588. The number of nitrogens with zero attached hydrogens (tertiary/aromatic N) is 2. The predicted molar refractivity (Wildman–Crippen MR) is 87.7 cm³/mol. The first kappa shape index (κ1) is 18.5. The highest BCUT2D eigenvalue weighted by molar-refractivity contribution is 5.67. The molecular formula is C17H28N2O3. The second kappa shape index (κ2) is 7.61. The van der Waals surface area contributed by atoms with E-state index in [1.54, 1.807) is 7.05 Å². The topological polar surface area (TPSA) is 53.0 Å². The normalized spacial score (nSPS) is 13.1. The monoisotopic (exact) mass is 308 g/mol. The summed E-state index contributed by atoms with van der Waals surface area (Å²) >= 11 is 0. The maximum Gasteiger partial charge on any atom is 0.410 e. The van der Waals surface area contributed by atoms with Gasteiger partial charge in [-0.3, -0.25) is 0 Å². The van der Waals surface area contributed by atoms with Crippen molar-refractivity contribution >= 4 is 6.09 Å². The highest BCUT2D eigenvalue weighted by Crippen LogP contribution is 2.17. The van der Waals surface area contributed by atoms with E-state index in [-0.39, 0.29) is 6.54 Å². The third kappa shape index (κ3) is 6.45. The van der Waals surface area contributed by atoms with E-state index in [2.05, 4.69) is 4.90 Å². The van der Waals surface area contributed by atoms with Crippen LogP contribution in [0.2, 0.25) is 0 Å². The van der Waals surface area contributed by atoms with Gasteiger partial charge >= 0.3 is 6.09 Å². The molecule has 0 heterocycles. The lowest BCUT2D eigenvalue weighted by Crippen LogP contribution is -2.36. The van der Waals surface area contributed by atoms with Gasteiger partial charge in [0, 0.05) is 13.6 Å². The van der Waals surface area contributed by atoms with Crippen LogP contribution in [0.4, 0.5) is 4.79 Å². The molecule has 5 heteroatoms. The van der Waals surface area contributed by atoms with Gasteiger partial charge in [0.1, 0.15) is 5.60 Å². The van der Waals surface area contributed by atoms with Crippen LogP contribution < -0.4 is 0 Å². The van der Waals surface area contributed by atoms with E-state index in [4.69, 9.17) is 4.74 Å². The fourth-order valence-corrected chi connectivity index (χ4v) is 1.99. The first-order valence-electron chi connectivity index (χ1n) is 7.44. The average molecular weight is 308 g/mol. The number of benzene rings is 1. The largest absolute Gasteiger partial charge is 0.444 e. The Morgan fingerprint density at radius 3 is 2.18 bits per heavy atom. The van der Waals surface area contributed by atoms with Gasteiger partial charge in [-0.2, -0.15) is 0 Å². The molecule has 124 valence electrons. The van der Waals surface area contributed by atoms with Crippen LogP contribution in [0.25, 0.3) is 0 Å². The third-order valence-electron chi connectivity index (χ3n) is 3.02. The number of ether oxygens (including phenoxy) is 1. The van der Waals surface area contributed by atoms with Crippen LogP contribution >= 0.6 is 0 Å². The molecule has 0 radical (unpaired) electrons. The maximum atomic E-state index is 11.9. The van der Waals surface area contributed by atoms with Gasteiger partial charge in [-0.1, -0.05) is 24.3 Å². The minimum Gasteiger partial charge on any atom is -0.444 e. The number of carbonyl (C=O) groups is 1. The lowest BCUT2D eigenvalue weighted by atomic mass is 10.1. The van der Waals surface area contributed by atoms with Crippen LogP contribution in [-0.4, -0.2) is 54.3 Å². The molecule has 5 nitrogen and oxygen atoms in total. The standard InChI is InChI=1S/C17H28N2O3/c1-17(2,3)22-16(21)19(6)12-15(20)14-9-7-13(8-10-14)11-18(4)5/h7-10,15,20H,11-12H2,1-6H3. The molecule has 1 atom stereocenters. The highest BCUT2D eigenvalue weighted by atomic mass is 16.6. The number of rotatable bonds is 5. The number of aliphatic hydroxyl groups is 1. The van der Waals surface area contributed by atoms with Gasteiger partial charge in [0.25, 0.3) is 0 Å². The van der Waals surface area contributed by atoms with Crippen LogP contribution in [0.5, 0.6) is 0 Å². The molecule has 1 aromatic rings. The molecule has 0 saturated carbocycles. The summed E-state index contributed by atoms with van der Waals surface area (Å²) in [6.07, 6.45) is -1.17. The smallest absolute Gasteiger partial charge is 0.410 e. The molecule has 0 fully saturated rings. The van der Waals surface area contributed by atoms with Crippen LogP contribution in [0.3, 0.4) is 0 Å². The van der Waals surface area contributed by atoms with Crippen molar-refractivity contribution in [3.63, 3.8) is 0 Å². The van der Waals surface area contributed by atoms with Gasteiger partial charge in [-0.25, -0.2) is 4.79 Å². The quantitative estimate of drug-likeness (QED) is 0.908. The van der Waals surface area contributed by atoms with Crippen molar-refractivity contribution in [1.29, 1.82) is 0 Å². The average Bonchev–Trinajstić information content (AvgIpc) is 2.36. The minimum atomic E-state index is -0.731. The number of amides is 1. The third-order valence-corrected chi connectivity index (χ3v) is 3.02. The van der Waals surface area contributed by atoms with Crippen molar-refractivity contribution in [2.75, 3.05) is 27.7 Å². The highest BCUT2D eigenvalue weighted by Gasteiger charge is 2.21. The molecule has 1 amide bonds. The van der Waals surface area contributed by atoms with Gasteiger partial charge in [0.2, 0.25) is 0 Å². The van der Waals surface area contributed by atoms with Crippen LogP contribution in [0.1, 0.15) is 38.0 Å². The summed E-state index contributed by atoms with van der Waals surface area (Å²) in [7, 11) is 5.65. The molecule has 1 N–H and O–H groups in total. The van der Waals surface area contributed by atoms with E-state index in [1.165, 1.54) is 10.5 Å². The van der Waals surface area contributed by atoms with Gasteiger partial charge in [0.15, 0.2) is 0 Å². The Hall–Kier alpha value is -1.59. The number of likely N-dealkylation sites (N-methyl/N-ethyl adjacent to an activating group) is 1. The molecule has 0 saturated heterocycles. The summed E-state index contributed by atoms with van der Waals surface area (Å²) in [6.45, 7) is 6.51. The Labute approximate surface area is 133 Å². The Morgan fingerprint density at radius 2 is 1.73 bits per heavy atom. The van der Waals surface area contributed by atoms with Crippen molar-refractivity contribution in [1.82, 2.24) is 9.80 Å². The zero-order chi connectivity index (χ0) is 16.9. The summed E-state index contributed by atoms with van der Waals surface area (Å²) < 4.78 is 5.27. The molecule has 1 unspecified atom stereocenters. The predicted octanol–water partition coefficient (Wildman–Crippen LogP) is 2.65. The molecule has 0 aromatic heterocycles. The molecule has 1 aromatic carbocycles. The van der Waals surface area contributed by atoms with Crippen LogP contribution in [0, 0.1) is 0 Å². The van der Waals surface area contributed by atoms with Gasteiger partial charge in [-0.05, 0) is 46.0 Å². The summed E-state index contributed by atoms with van der Waals surface area (Å²) in [4.78, 5) is 15.4. The SMILES string of the molecule is CN(C)Cc1ccc(C(O)CN(C)C(=O)OC(C)(C)C)cc1. The van der Waals surface area contributed by atoms with E-state index in [9.17, 15) is 9.90 Å². The Morgan fingerprint density at radius 1 is 1.18 bits per heavy atom. The molecule has 0 spiro atoms. The number of carbonyl (C=O) groups excluding carboxylic acids is 1. The molecule has 0 bridgehead atoms. The van der Waals surface area contributed by atoms with Crippen molar-refractivity contribution in [3.05, 3.63) is 35.4 Å². The first-order chi connectivity index (χ1) is 10.1. The van der Waals surface area contributed by atoms with E-state index >= 15 is 0 Å². The number of hydrogen-bond donors (Lipinski definition) is 1. The molecule has 0 aliphatic carbocycles. The maximum absolute atomic E-state index is 11.9. The van der Waals surface area contributed by atoms with E-state index < -0.39 is 17.8 Å². The van der Waals surface area contributed by atoms with Gasteiger partial charge < -0.3 is 19.6 Å². The van der Waals surface area contributed by atoms with E-state index in [1.807, 2.05) is 59.1 Å². The number of hydrogen-bond acceptors (Lipinski definition) is 4. The summed E-state index contributed by atoms with van der Waals surface area (Å²) in [6, 6.07) is 7.77. The van der Waals surface area contributed by atoms with Crippen LogP contribution in [0.15, 0.2) is 24.3 Å². The molecular weight excluding hydrogens is 280 g/mol. The Bertz CT molecular complexity index is 478. The van der Waals surface area contributed by atoms with Crippen molar-refractivity contribution in [2.24, 2.45) is 0 Å². The first-order valence-corrected chi connectivity index (χ1v) is 7.44. The zero-order valence-corrected chi connectivity index (χ0v) is 14.5. The molecule has 1 rings (SSSR count). The van der Waals surface area contributed by atoms with E-state index in [0.717, 1.165) is 12.1 Å². The Balaban J connectivity index is 2.60. The zero-order valence-electron chi connectivity index (χ0n) is 14.5. The van der Waals surface area contributed by atoms with Crippen molar-refractivity contribution < 1.29 is 14.6 Å². The van der Waals surface area contributed by atoms with Crippen molar-refractivity contribution in [2.45, 2.75) is 39.0 Å². The second-order valence-corrected chi connectivity index (χ2v) is 6.86. The minimum absolute atomic E-state index is 0.196. The summed E-state index contributed by atoms with van der Waals surface area (Å²) in [5.74, 6) is 0. The van der Waals surface area contributed by atoms with Gasteiger partial charge in [-0.15, -0.1) is 0 Å². The van der Waals surface area contributed by atoms with E-state index in [0.29, 0.717) is 0 Å². The van der Waals surface area contributed by atoms with Gasteiger partial charge in [0.05, 0.1) is 12.6 Å². The molecule has 0 aliphatic heterocycles. The lowest BCUT2D eigenvalue weighted by molar-refractivity contribution is 0.0205. The van der Waals surface area contributed by atoms with Crippen LogP contribution in [-0.2, 0) is 11.3 Å². The van der Waals surface area contributed by atoms with Crippen molar-refractivity contribution in [3.8, 4) is 0 Å².